The van der Waals surface area contributed by atoms with Gasteiger partial charge in [-0.1, -0.05) is 13.8 Å². The van der Waals surface area contributed by atoms with Crippen LogP contribution in [0.2, 0.25) is 0 Å². The molecule has 22 heavy (non-hydrogen) atoms. The van der Waals surface area contributed by atoms with Crippen molar-refractivity contribution in [2.45, 2.75) is 77.4 Å². The minimum absolute atomic E-state index is 0.0980. The van der Waals surface area contributed by atoms with E-state index < -0.39 is 0 Å². The summed E-state index contributed by atoms with van der Waals surface area (Å²) >= 11 is 0. The van der Waals surface area contributed by atoms with Crippen molar-refractivity contribution in [2.24, 2.45) is 40.2 Å². The van der Waals surface area contributed by atoms with Crippen molar-refractivity contribution in [1.29, 1.82) is 0 Å². The number of aliphatic hydroxyl groups excluding tert-OH is 1. The Labute approximate surface area is 134 Å². The summed E-state index contributed by atoms with van der Waals surface area (Å²) in [5.41, 5.74) is 6.56. The third-order valence-electron chi connectivity index (χ3n) is 8.54. The van der Waals surface area contributed by atoms with Crippen molar-refractivity contribution in [2.75, 3.05) is 0 Å². The normalized spacial score (nSPS) is 57.9. The second-order valence-electron chi connectivity index (χ2n) is 9.28. The fraction of sp³-hybridized carbons (Fsp3) is 0.947. The molecule has 4 saturated carbocycles. The Kier molecular flexibility index (Phi) is 3.30. The molecule has 0 radical (unpaired) electrons. The molecular formula is C19H31NO2. The maximum absolute atomic E-state index is 12.1. The fourth-order valence-electron chi connectivity index (χ4n) is 7.14. The van der Waals surface area contributed by atoms with Crippen LogP contribution in [0.15, 0.2) is 0 Å². The van der Waals surface area contributed by atoms with Gasteiger partial charge in [0.05, 0.1) is 12.1 Å². The highest BCUT2D eigenvalue weighted by Gasteiger charge is 2.60. The monoisotopic (exact) mass is 305 g/mol. The van der Waals surface area contributed by atoms with Gasteiger partial charge in [-0.3, -0.25) is 4.79 Å². The molecule has 0 aromatic rings. The Morgan fingerprint density at radius 2 is 1.77 bits per heavy atom. The summed E-state index contributed by atoms with van der Waals surface area (Å²) in [5, 5.41) is 10.5. The summed E-state index contributed by atoms with van der Waals surface area (Å²) in [6.45, 7) is 4.75. The molecule has 0 aromatic carbocycles. The predicted molar refractivity (Wildman–Crippen MR) is 86.1 cm³/mol. The van der Waals surface area contributed by atoms with Gasteiger partial charge in [0.2, 0.25) is 0 Å². The highest BCUT2D eigenvalue weighted by molar-refractivity contribution is 5.85. The number of aliphatic hydroxyl groups is 1. The number of nitrogens with two attached hydrogens (primary N) is 1. The summed E-state index contributed by atoms with van der Waals surface area (Å²) in [6, 6.07) is -0.234. The smallest absolute Gasteiger partial charge is 0.149 e. The minimum atomic E-state index is -0.234. The number of hydrogen-bond acceptors (Lipinski definition) is 3. The van der Waals surface area contributed by atoms with E-state index in [1.807, 2.05) is 0 Å². The number of carbonyl (C=O) groups excluding carboxylic acids is 1. The Bertz CT molecular complexity index is 492. The van der Waals surface area contributed by atoms with Crippen LogP contribution >= 0.6 is 0 Å². The largest absolute Gasteiger partial charge is 0.393 e. The second kappa shape index (κ2) is 4.80. The molecule has 0 aliphatic heterocycles. The maximum Gasteiger partial charge on any atom is 0.149 e. The first-order valence-electron chi connectivity index (χ1n) is 9.32. The van der Waals surface area contributed by atoms with Crippen LogP contribution in [0.3, 0.4) is 0 Å². The van der Waals surface area contributed by atoms with Crippen molar-refractivity contribution in [3.63, 3.8) is 0 Å². The molecule has 8 atom stereocenters. The van der Waals surface area contributed by atoms with Crippen LogP contribution in [-0.4, -0.2) is 23.0 Å². The topological polar surface area (TPSA) is 63.3 Å². The lowest BCUT2D eigenvalue weighted by Crippen LogP contribution is -2.57. The van der Waals surface area contributed by atoms with Crippen LogP contribution in [0.1, 0.15) is 65.2 Å². The molecule has 0 heterocycles. The van der Waals surface area contributed by atoms with Gasteiger partial charge in [-0.2, -0.15) is 0 Å². The Balaban J connectivity index is 1.65. The van der Waals surface area contributed by atoms with Crippen molar-refractivity contribution >= 4 is 5.78 Å². The highest BCUT2D eigenvalue weighted by atomic mass is 16.3. The van der Waals surface area contributed by atoms with E-state index >= 15 is 0 Å². The number of fused-ring (bicyclic) bond motifs is 5. The number of carbonyl (C=O) groups is 1. The Morgan fingerprint density at radius 3 is 2.55 bits per heavy atom. The highest BCUT2D eigenvalue weighted by Crippen LogP contribution is 2.65. The quantitative estimate of drug-likeness (QED) is 0.723. The van der Waals surface area contributed by atoms with Gasteiger partial charge in [0.15, 0.2) is 0 Å². The van der Waals surface area contributed by atoms with Crippen molar-refractivity contribution in [3.8, 4) is 0 Å². The van der Waals surface area contributed by atoms with Crippen molar-refractivity contribution < 1.29 is 9.90 Å². The van der Waals surface area contributed by atoms with Crippen molar-refractivity contribution in [3.05, 3.63) is 0 Å². The third-order valence-corrected chi connectivity index (χ3v) is 8.54. The van der Waals surface area contributed by atoms with Crippen molar-refractivity contribution in [1.82, 2.24) is 0 Å². The van der Waals surface area contributed by atoms with Gasteiger partial charge in [-0.05, 0) is 79.4 Å². The van der Waals surface area contributed by atoms with E-state index in [9.17, 15) is 9.90 Å². The molecule has 0 bridgehead atoms. The zero-order chi connectivity index (χ0) is 15.7. The van der Waals surface area contributed by atoms with E-state index in [0.717, 1.165) is 25.2 Å². The molecule has 0 spiro atoms. The van der Waals surface area contributed by atoms with Crippen LogP contribution < -0.4 is 5.73 Å². The zero-order valence-corrected chi connectivity index (χ0v) is 14.1. The van der Waals surface area contributed by atoms with Crippen LogP contribution in [0.25, 0.3) is 0 Å². The molecular weight excluding hydrogens is 274 g/mol. The first kappa shape index (κ1) is 15.1. The molecule has 0 amide bonds. The average Bonchev–Trinajstić information content (AvgIpc) is 2.77. The number of rotatable bonds is 0. The van der Waals surface area contributed by atoms with E-state index in [1.54, 1.807) is 0 Å². The first-order valence-corrected chi connectivity index (χ1v) is 9.32. The third kappa shape index (κ3) is 1.84. The number of ketones is 1. The van der Waals surface area contributed by atoms with Crippen LogP contribution in [0.5, 0.6) is 0 Å². The standard InChI is InChI=1S/C19H31NO2/c1-18-8-7-14-12(13(18)5-6-17(18)22)4-3-11-9-16(21)15(20)10-19(11,14)2/h11-15,17,22H,3-10,20H2,1-2H3/t11-,12-,13-,14-,15+,17-,18-,19-/m0/s1. The summed E-state index contributed by atoms with van der Waals surface area (Å²) in [7, 11) is 0. The Morgan fingerprint density at radius 1 is 1.05 bits per heavy atom. The van der Waals surface area contributed by atoms with Gasteiger partial charge in [-0.15, -0.1) is 0 Å². The molecule has 0 saturated heterocycles. The fourth-order valence-corrected chi connectivity index (χ4v) is 7.14. The second-order valence-corrected chi connectivity index (χ2v) is 9.28. The molecule has 0 unspecified atom stereocenters. The van der Waals surface area contributed by atoms with E-state index in [2.05, 4.69) is 13.8 Å². The zero-order valence-electron chi connectivity index (χ0n) is 14.1. The van der Waals surface area contributed by atoms with Crippen LogP contribution in [0.4, 0.5) is 0 Å². The minimum Gasteiger partial charge on any atom is -0.393 e. The van der Waals surface area contributed by atoms with Crippen LogP contribution in [-0.2, 0) is 4.79 Å². The molecule has 4 aliphatic carbocycles. The SMILES string of the molecule is C[C@]12C[C@@H](N)C(=O)C[C@@H]1CC[C@@H]1[C@@H]2CC[C@]2(C)[C@@H](O)CC[C@@H]12. The van der Waals surface area contributed by atoms with Gasteiger partial charge in [-0.25, -0.2) is 0 Å². The van der Waals surface area contributed by atoms with Gasteiger partial charge < -0.3 is 10.8 Å². The molecule has 3 N–H and O–H groups in total. The van der Waals surface area contributed by atoms with E-state index in [-0.39, 0.29) is 28.8 Å². The average molecular weight is 305 g/mol. The van der Waals surface area contributed by atoms with Gasteiger partial charge in [0, 0.05) is 6.42 Å². The molecule has 3 heteroatoms. The summed E-state index contributed by atoms with van der Waals surface area (Å²) in [6.07, 6.45) is 8.54. The first-order chi connectivity index (χ1) is 10.4. The summed E-state index contributed by atoms with van der Waals surface area (Å²) in [4.78, 5) is 12.1. The molecule has 124 valence electrons. The molecule has 3 nitrogen and oxygen atoms in total. The lowest BCUT2D eigenvalue weighted by molar-refractivity contribution is -0.144. The summed E-state index contributed by atoms with van der Waals surface area (Å²) < 4.78 is 0. The Hall–Kier alpha value is -0.410. The number of Topliss-reactive ketones (excluding diaryl/α,β-unsaturated/α-hetero) is 1. The predicted octanol–water partition coefficient (Wildman–Crippen LogP) is 2.90. The molecule has 4 aliphatic rings. The maximum atomic E-state index is 12.1. The molecule has 4 rings (SSSR count). The van der Waals surface area contributed by atoms with Gasteiger partial charge >= 0.3 is 0 Å². The van der Waals surface area contributed by atoms with Gasteiger partial charge in [0.1, 0.15) is 5.78 Å². The van der Waals surface area contributed by atoms with E-state index in [1.165, 1.54) is 25.7 Å². The molecule has 4 fully saturated rings. The molecule has 0 aromatic heterocycles. The lowest BCUT2D eigenvalue weighted by Gasteiger charge is -2.60. The van der Waals surface area contributed by atoms with E-state index in [4.69, 9.17) is 5.73 Å². The summed E-state index contributed by atoms with van der Waals surface area (Å²) in [5.74, 6) is 2.99. The van der Waals surface area contributed by atoms with E-state index in [0.29, 0.717) is 24.2 Å². The van der Waals surface area contributed by atoms with Crippen LogP contribution in [0, 0.1) is 34.5 Å². The lowest BCUT2D eigenvalue weighted by atomic mass is 9.45. The number of hydrogen-bond donors (Lipinski definition) is 2. The van der Waals surface area contributed by atoms with Gasteiger partial charge in [0.25, 0.3) is 0 Å².